The molecule has 0 radical (unpaired) electrons. The molecule has 4 aromatic rings. The van der Waals surface area contributed by atoms with Gasteiger partial charge in [-0.05, 0) is 78.1 Å². The van der Waals surface area contributed by atoms with Crippen LogP contribution in [0.2, 0.25) is 0 Å². The molecule has 2 aliphatic heterocycles. The van der Waals surface area contributed by atoms with Gasteiger partial charge in [0, 0.05) is 5.30 Å². The first-order valence-electron chi connectivity index (χ1n) is 11.9. The fourth-order valence-electron chi connectivity index (χ4n) is 4.91. The smallest absolute Gasteiger partial charge is 0.205 e. The summed E-state index contributed by atoms with van der Waals surface area (Å²) in [6, 6.07) is 21.0. The Morgan fingerprint density at radius 2 is 1.59 bits per heavy atom. The second-order valence-corrected chi connectivity index (χ2v) is 13.5. The molecule has 3 heterocycles. The van der Waals surface area contributed by atoms with Gasteiger partial charge in [0.15, 0.2) is 22.5 Å². The van der Waals surface area contributed by atoms with Crippen molar-refractivity contribution in [3.05, 3.63) is 94.0 Å². The third-order valence-electron chi connectivity index (χ3n) is 6.76. The fourth-order valence-corrected chi connectivity index (χ4v) is 8.63. The third-order valence-corrected chi connectivity index (χ3v) is 10.8. The van der Waals surface area contributed by atoms with Gasteiger partial charge in [0.25, 0.3) is 0 Å². The summed E-state index contributed by atoms with van der Waals surface area (Å²) < 4.78 is 29.5. The number of hydrogen-bond donors (Lipinski definition) is 2. The molecule has 0 bridgehead atoms. The highest BCUT2D eigenvalue weighted by Gasteiger charge is 2.42. The highest BCUT2D eigenvalue weighted by Crippen LogP contribution is 2.52. The van der Waals surface area contributed by atoms with Gasteiger partial charge < -0.3 is 33.5 Å². The van der Waals surface area contributed by atoms with Crippen LogP contribution in [0, 0.1) is 4.71 Å². The van der Waals surface area contributed by atoms with Gasteiger partial charge in [-0.3, -0.25) is 0 Å². The minimum atomic E-state index is -2.61. The molecular formula is C28H23N2O5PS3. The van der Waals surface area contributed by atoms with Gasteiger partial charge in [0.1, 0.15) is 22.1 Å². The Morgan fingerprint density at radius 3 is 2.31 bits per heavy atom. The summed E-state index contributed by atoms with van der Waals surface area (Å²) in [5.74, 6) is 2.62. The number of nitrogens with one attached hydrogen (secondary N) is 2. The first-order chi connectivity index (χ1) is 18.9. The molecule has 7 nitrogen and oxygen atoms in total. The van der Waals surface area contributed by atoms with Crippen molar-refractivity contribution in [3.8, 4) is 23.0 Å². The van der Waals surface area contributed by atoms with E-state index in [9.17, 15) is 0 Å². The average molecular weight is 595 g/mol. The average Bonchev–Trinajstić information content (AvgIpc) is 2.95. The van der Waals surface area contributed by atoms with Crippen molar-refractivity contribution < 1.29 is 23.4 Å². The number of methoxy groups -OCH3 is 3. The van der Waals surface area contributed by atoms with Crippen LogP contribution >= 0.6 is 30.8 Å². The SMILES string of the molecule is COc1ccc(P2(=S)NC(=S)C3=C(N2)Oc2c(c(=S)oc4ccccc24)C3c2ccc(OC)c(OC)c2)cc1. The topological polar surface area (TPSA) is 74.1 Å². The Kier molecular flexibility index (Phi) is 6.59. The van der Waals surface area contributed by atoms with Crippen LogP contribution in [0.1, 0.15) is 17.0 Å². The van der Waals surface area contributed by atoms with E-state index >= 15 is 0 Å². The maximum absolute atomic E-state index is 6.61. The lowest BCUT2D eigenvalue weighted by Gasteiger charge is -2.39. The van der Waals surface area contributed by atoms with Gasteiger partial charge in [0.05, 0.1) is 43.8 Å². The number of thiocarbonyl (C=S) groups is 1. The summed E-state index contributed by atoms with van der Waals surface area (Å²) in [6.07, 6.45) is -2.61. The molecule has 0 saturated carbocycles. The van der Waals surface area contributed by atoms with E-state index in [0.717, 1.165) is 27.6 Å². The van der Waals surface area contributed by atoms with E-state index in [-0.39, 0.29) is 0 Å². The van der Waals surface area contributed by atoms with E-state index < -0.39 is 12.3 Å². The molecule has 2 aliphatic rings. The zero-order valence-corrected chi connectivity index (χ0v) is 24.5. The Morgan fingerprint density at radius 1 is 0.846 bits per heavy atom. The number of ether oxygens (including phenoxy) is 4. The van der Waals surface area contributed by atoms with Gasteiger partial charge in [-0.1, -0.05) is 30.4 Å². The summed E-state index contributed by atoms with van der Waals surface area (Å²) in [7, 11) is 4.83. The number of benzene rings is 3. The largest absolute Gasteiger partial charge is 0.497 e. The minimum absolute atomic E-state index is 0.318. The highest BCUT2D eigenvalue weighted by atomic mass is 32.4. The summed E-state index contributed by atoms with van der Waals surface area (Å²) >= 11 is 17.9. The zero-order valence-electron chi connectivity index (χ0n) is 21.1. The van der Waals surface area contributed by atoms with E-state index in [4.69, 9.17) is 59.6 Å². The Balaban J connectivity index is 1.58. The van der Waals surface area contributed by atoms with Crippen molar-refractivity contribution in [2.24, 2.45) is 0 Å². The zero-order chi connectivity index (χ0) is 27.3. The molecule has 0 spiro atoms. The van der Waals surface area contributed by atoms with Gasteiger partial charge in [0.2, 0.25) is 5.88 Å². The van der Waals surface area contributed by atoms with Crippen LogP contribution < -0.4 is 34.4 Å². The molecular weight excluding hydrogens is 571 g/mol. The first kappa shape index (κ1) is 25.8. The molecule has 11 heteroatoms. The molecule has 2 N–H and O–H groups in total. The number of para-hydroxylation sites is 1. The monoisotopic (exact) mass is 594 g/mol. The molecule has 0 saturated heterocycles. The van der Waals surface area contributed by atoms with Crippen molar-refractivity contribution in [1.82, 2.24) is 10.2 Å². The maximum Gasteiger partial charge on any atom is 0.205 e. The second-order valence-electron chi connectivity index (χ2n) is 8.88. The maximum atomic E-state index is 6.61. The van der Waals surface area contributed by atoms with Gasteiger partial charge >= 0.3 is 0 Å². The first-order valence-corrected chi connectivity index (χ1v) is 15.5. The Hall–Kier alpha value is -3.43. The van der Waals surface area contributed by atoms with E-state index in [0.29, 0.717) is 44.0 Å². The number of rotatable bonds is 5. The lowest BCUT2D eigenvalue weighted by atomic mass is 9.83. The van der Waals surface area contributed by atoms with Crippen LogP contribution in [-0.2, 0) is 11.8 Å². The van der Waals surface area contributed by atoms with E-state index in [2.05, 4.69) is 10.2 Å². The van der Waals surface area contributed by atoms with Crippen LogP contribution in [0.3, 0.4) is 0 Å². The normalized spacial score (nSPS) is 19.8. The molecule has 0 fully saturated rings. The summed E-state index contributed by atoms with van der Waals surface area (Å²) in [6.45, 7) is 0. The standard InChI is InChI=1S/C28H23N2O5PS3/c1-31-16-9-11-17(12-10-16)36(39)29-26-24(27(37)30-36)22(15-8-13-20(32-2)21(14-15)33-3)23-25(35-26)18-6-4-5-7-19(18)34-28(23)38/h4-14,22H,1-3H3,(H2,29,30,37,39). The minimum Gasteiger partial charge on any atom is -0.497 e. The molecule has 6 rings (SSSR count). The number of hydrogen-bond acceptors (Lipinski definition) is 8. The Bertz CT molecular complexity index is 1780. The van der Waals surface area contributed by atoms with Crippen LogP contribution in [0.15, 0.2) is 82.6 Å². The molecule has 39 heavy (non-hydrogen) atoms. The lowest BCUT2D eigenvalue weighted by molar-refractivity contribution is 0.354. The van der Waals surface area contributed by atoms with Gasteiger partial charge in [-0.15, -0.1) is 0 Å². The molecule has 198 valence electrons. The Labute approximate surface area is 240 Å². The quantitative estimate of drug-likeness (QED) is 0.210. The number of fused-ring (bicyclic) bond motifs is 3. The van der Waals surface area contributed by atoms with Crippen LogP contribution in [-0.4, -0.2) is 26.3 Å². The third kappa shape index (κ3) is 4.28. The van der Waals surface area contributed by atoms with Crippen molar-refractivity contribution in [2.75, 3.05) is 21.3 Å². The predicted molar refractivity (Wildman–Crippen MR) is 162 cm³/mol. The van der Waals surface area contributed by atoms with Crippen LogP contribution in [0.25, 0.3) is 11.0 Å². The second kappa shape index (κ2) is 9.95. The fraction of sp³-hybridized carbons (Fsp3) is 0.143. The molecule has 3 aromatic carbocycles. The lowest BCUT2D eigenvalue weighted by Crippen LogP contribution is -2.43. The molecule has 0 aliphatic carbocycles. The molecule has 2 unspecified atom stereocenters. The van der Waals surface area contributed by atoms with Crippen molar-refractivity contribution in [1.29, 1.82) is 0 Å². The summed E-state index contributed by atoms with van der Waals surface area (Å²) in [4.78, 5) is 0.482. The summed E-state index contributed by atoms with van der Waals surface area (Å²) in [5.41, 5.74) is 2.94. The van der Waals surface area contributed by atoms with E-state index in [1.54, 1.807) is 21.3 Å². The van der Waals surface area contributed by atoms with Crippen LogP contribution in [0.4, 0.5) is 0 Å². The van der Waals surface area contributed by atoms with Crippen molar-refractivity contribution >= 4 is 63.8 Å². The van der Waals surface area contributed by atoms with E-state index in [1.807, 2.05) is 66.7 Å². The predicted octanol–water partition coefficient (Wildman–Crippen LogP) is 6.08. The van der Waals surface area contributed by atoms with Crippen molar-refractivity contribution in [2.45, 2.75) is 5.92 Å². The molecule has 1 aromatic heterocycles. The molecule has 0 amide bonds. The van der Waals surface area contributed by atoms with Gasteiger partial charge in [-0.2, -0.15) is 0 Å². The molecule has 2 atom stereocenters. The van der Waals surface area contributed by atoms with Crippen LogP contribution in [0.5, 0.6) is 23.0 Å². The van der Waals surface area contributed by atoms with E-state index in [1.165, 1.54) is 0 Å². The summed E-state index contributed by atoms with van der Waals surface area (Å²) in [5, 5.41) is 8.63. The van der Waals surface area contributed by atoms with Gasteiger partial charge in [-0.25, -0.2) is 0 Å². The van der Waals surface area contributed by atoms with Crippen molar-refractivity contribution in [3.63, 3.8) is 0 Å². The highest BCUT2D eigenvalue weighted by molar-refractivity contribution is 8.17.